The van der Waals surface area contributed by atoms with Gasteiger partial charge in [-0.25, -0.2) is 0 Å². The Bertz CT molecular complexity index is 374. The van der Waals surface area contributed by atoms with Crippen LogP contribution in [0.4, 0.5) is 5.69 Å². The molecule has 0 bridgehead atoms. The van der Waals surface area contributed by atoms with E-state index < -0.39 is 0 Å². The quantitative estimate of drug-likeness (QED) is 0.781. The second-order valence-electron chi connectivity index (χ2n) is 4.79. The van der Waals surface area contributed by atoms with Gasteiger partial charge >= 0.3 is 0 Å². The van der Waals surface area contributed by atoms with Gasteiger partial charge in [0.2, 0.25) is 0 Å². The second-order valence-corrected chi connectivity index (χ2v) is 5.20. The summed E-state index contributed by atoms with van der Waals surface area (Å²) in [5, 5.41) is 4.25. The lowest BCUT2D eigenvalue weighted by Crippen LogP contribution is -2.19. The van der Waals surface area contributed by atoms with Crippen molar-refractivity contribution in [1.82, 2.24) is 5.32 Å². The molecule has 0 saturated heterocycles. The minimum absolute atomic E-state index is 0.732. The summed E-state index contributed by atoms with van der Waals surface area (Å²) in [4.78, 5) is 2.33. The zero-order chi connectivity index (χ0) is 12.3. The minimum atomic E-state index is 0.732. The van der Waals surface area contributed by atoms with Crippen LogP contribution in [0.25, 0.3) is 0 Å². The molecular formula is C14H21ClN2. The fraction of sp³-hybridized carbons (Fsp3) is 0.571. The largest absolute Gasteiger partial charge is 0.372 e. The number of nitrogens with zero attached hydrogens (tertiary/aromatic N) is 1. The van der Waals surface area contributed by atoms with Crippen molar-refractivity contribution < 1.29 is 0 Å². The van der Waals surface area contributed by atoms with Gasteiger partial charge in [0.05, 0.1) is 0 Å². The number of rotatable bonds is 6. The van der Waals surface area contributed by atoms with Crippen molar-refractivity contribution in [3.8, 4) is 0 Å². The Morgan fingerprint density at radius 2 is 2.18 bits per heavy atom. The zero-order valence-electron chi connectivity index (χ0n) is 10.7. The topological polar surface area (TPSA) is 15.3 Å². The summed E-state index contributed by atoms with van der Waals surface area (Å²) >= 11 is 6.31. The number of nitrogens with one attached hydrogen (secondary N) is 1. The lowest BCUT2D eigenvalue weighted by Gasteiger charge is -2.19. The van der Waals surface area contributed by atoms with E-state index in [9.17, 15) is 0 Å². The summed E-state index contributed by atoms with van der Waals surface area (Å²) < 4.78 is 0. The molecule has 94 valence electrons. The smallest absolute Gasteiger partial charge is 0.0471 e. The van der Waals surface area contributed by atoms with Gasteiger partial charge in [-0.1, -0.05) is 24.6 Å². The molecule has 1 aromatic carbocycles. The summed E-state index contributed by atoms with van der Waals surface area (Å²) in [5.74, 6) is 0. The first-order valence-electron chi connectivity index (χ1n) is 6.44. The van der Waals surface area contributed by atoms with Crippen LogP contribution in [0.5, 0.6) is 0 Å². The highest BCUT2D eigenvalue weighted by atomic mass is 35.5. The SMILES string of the molecule is CCCNCc1ccc(N(C)C2CC2)cc1Cl. The van der Waals surface area contributed by atoms with E-state index >= 15 is 0 Å². The van der Waals surface area contributed by atoms with Crippen LogP contribution < -0.4 is 10.2 Å². The first kappa shape index (κ1) is 12.7. The monoisotopic (exact) mass is 252 g/mol. The number of halogens is 1. The van der Waals surface area contributed by atoms with Gasteiger partial charge in [0.1, 0.15) is 0 Å². The third-order valence-electron chi connectivity index (χ3n) is 3.28. The maximum Gasteiger partial charge on any atom is 0.0471 e. The molecule has 1 fully saturated rings. The van der Waals surface area contributed by atoms with Crippen LogP contribution in [0.15, 0.2) is 18.2 Å². The lowest BCUT2D eigenvalue weighted by atomic mass is 10.2. The molecule has 0 atom stereocenters. The van der Waals surface area contributed by atoms with E-state index in [4.69, 9.17) is 11.6 Å². The molecular weight excluding hydrogens is 232 g/mol. The van der Waals surface area contributed by atoms with E-state index in [2.05, 4.69) is 42.4 Å². The first-order chi connectivity index (χ1) is 8.22. The average molecular weight is 253 g/mol. The summed E-state index contributed by atoms with van der Waals surface area (Å²) in [7, 11) is 2.15. The second kappa shape index (κ2) is 5.74. The van der Waals surface area contributed by atoms with E-state index in [1.54, 1.807) is 0 Å². The van der Waals surface area contributed by atoms with Gasteiger partial charge in [0.15, 0.2) is 0 Å². The fourth-order valence-corrected chi connectivity index (χ4v) is 2.21. The van der Waals surface area contributed by atoms with Crippen molar-refractivity contribution in [2.24, 2.45) is 0 Å². The number of anilines is 1. The van der Waals surface area contributed by atoms with Gasteiger partial charge in [-0.2, -0.15) is 0 Å². The van der Waals surface area contributed by atoms with Crippen LogP contribution >= 0.6 is 11.6 Å². The lowest BCUT2D eigenvalue weighted by molar-refractivity contribution is 0.675. The number of benzene rings is 1. The highest BCUT2D eigenvalue weighted by Crippen LogP contribution is 2.32. The molecule has 2 nitrogen and oxygen atoms in total. The van der Waals surface area contributed by atoms with Crippen LogP contribution in [0.3, 0.4) is 0 Å². The summed E-state index contributed by atoms with van der Waals surface area (Å²) in [6.07, 6.45) is 3.78. The van der Waals surface area contributed by atoms with E-state index in [0.29, 0.717) is 0 Å². The highest BCUT2D eigenvalue weighted by molar-refractivity contribution is 6.31. The maximum absolute atomic E-state index is 6.31. The molecule has 1 saturated carbocycles. The molecule has 0 radical (unpaired) electrons. The maximum atomic E-state index is 6.31. The van der Waals surface area contributed by atoms with E-state index in [-0.39, 0.29) is 0 Å². The Hall–Kier alpha value is -0.730. The fourth-order valence-electron chi connectivity index (χ4n) is 1.97. The molecule has 0 spiro atoms. The Kier molecular flexibility index (Phi) is 4.30. The third-order valence-corrected chi connectivity index (χ3v) is 3.63. The Balaban J connectivity index is 2.00. The molecule has 0 aliphatic heterocycles. The Labute approximate surface area is 109 Å². The van der Waals surface area contributed by atoms with Gasteiger partial charge in [0.25, 0.3) is 0 Å². The molecule has 0 amide bonds. The van der Waals surface area contributed by atoms with Crippen molar-refractivity contribution in [2.75, 3.05) is 18.5 Å². The molecule has 3 heteroatoms. The van der Waals surface area contributed by atoms with E-state index in [1.165, 1.54) is 24.1 Å². The Morgan fingerprint density at radius 3 is 2.76 bits per heavy atom. The van der Waals surface area contributed by atoms with Crippen molar-refractivity contribution >= 4 is 17.3 Å². The molecule has 0 aromatic heterocycles. The highest BCUT2D eigenvalue weighted by Gasteiger charge is 2.26. The molecule has 1 aliphatic rings. The van der Waals surface area contributed by atoms with Gasteiger partial charge in [-0.15, -0.1) is 0 Å². The van der Waals surface area contributed by atoms with Crippen molar-refractivity contribution in [3.63, 3.8) is 0 Å². The number of hydrogen-bond acceptors (Lipinski definition) is 2. The summed E-state index contributed by atoms with van der Waals surface area (Å²) in [6, 6.07) is 7.13. The van der Waals surface area contributed by atoms with Crippen LogP contribution in [0.2, 0.25) is 5.02 Å². The van der Waals surface area contributed by atoms with Crippen LogP contribution in [-0.4, -0.2) is 19.6 Å². The van der Waals surface area contributed by atoms with E-state index in [1.807, 2.05) is 0 Å². The van der Waals surface area contributed by atoms with Crippen LogP contribution in [-0.2, 0) is 6.54 Å². The first-order valence-corrected chi connectivity index (χ1v) is 6.82. The van der Waals surface area contributed by atoms with Crippen molar-refractivity contribution in [3.05, 3.63) is 28.8 Å². The van der Waals surface area contributed by atoms with Crippen molar-refractivity contribution in [2.45, 2.75) is 38.8 Å². The van der Waals surface area contributed by atoms with Crippen molar-refractivity contribution in [1.29, 1.82) is 0 Å². The summed E-state index contributed by atoms with van der Waals surface area (Å²) in [6.45, 7) is 4.07. The predicted octanol–water partition coefficient (Wildman–Crippen LogP) is 3.44. The molecule has 2 rings (SSSR count). The summed E-state index contributed by atoms with van der Waals surface area (Å²) in [5.41, 5.74) is 2.42. The van der Waals surface area contributed by atoms with Gasteiger partial charge in [-0.05, 0) is 43.5 Å². The van der Waals surface area contributed by atoms with E-state index in [0.717, 1.165) is 30.6 Å². The normalized spacial score (nSPS) is 15.0. The zero-order valence-corrected chi connectivity index (χ0v) is 11.4. The van der Waals surface area contributed by atoms with Gasteiger partial charge < -0.3 is 10.2 Å². The molecule has 17 heavy (non-hydrogen) atoms. The van der Waals surface area contributed by atoms with Crippen LogP contribution in [0, 0.1) is 0 Å². The minimum Gasteiger partial charge on any atom is -0.372 e. The van der Waals surface area contributed by atoms with Gasteiger partial charge in [-0.3, -0.25) is 0 Å². The standard InChI is InChI=1S/C14H21ClN2/c1-3-8-16-10-11-4-5-13(9-14(11)15)17(2)12-6-7-12/h4-5,9,12,16H,3,6-8,10H2,1-2H3. The molecule has 1 aromatic rings. The van der Waals surface area contributed by atoms with Crippen LogP contribution in [0.1, 0.15) is 31.7 Å². The molecule has 1 N–H and O–H groups in total. The molecule has 0 heterocycles. The Morgan fingerprint density at radius 1 is 1.41 bits per heavy atom. The van der Waals surface area contributed by atoms with Gasteiger partial charge in [0, 0.05) is 30.3 Å². The molecule has 1 aliphatic carbocycles. The average Bonchev–Trinajstić information content (AvgIpc) is 3.14. The predicted molar refractivity (Wildman–Crippen MR) is 74.9 cm³/mol. The molecule has 0 unspecified atom stereocenters. The third kappa shape index (κ3) is 3.36. The number of hydrogen-bond donors (Lipinski definition) is 1.